The molecule has 0 fully saturated rings. The minimum atomic E-state index is -0.283. The van der Waals surface area contributed by atoms with Gasteiger partial charge in [-0.1, -0.05) is 12.1 Å². The molecule has 1 heterocycles. The van der Waals surface area contributed by atoms with E-state index in [9.17, 15) is 4.39 Å². The van der Waals surface area contributed by atoms with Gasteiger partial charge in [0.15, 0.2) is 0 Å². The molecule has 5 nitrogen and oxygen atoms in total. The molecule has 0 saturated heterocycles. The van der Waals surface area contributed by atoms with E-state index in [0.29, 0.717) is 37.0 Å². The Morgan fingerprint density at radius 3 is 2.90 bits per heavy atom. The lowest BCUT2D eigenvalue weighted by Crippen LogP contribution is -2.06. The van der Waals surface area contributed by atoms with Gasteiger partial charge in [0, 0.05) is 18.7 Å². The van der Waals surface area contributed by atoms with Gasteiger partial charge in [-0.25, -0.2) is 4.39 Å². The molecule has 1 aromatic heterocycles. The molecule has 0 bridgehead atoms. The van der Waals surface area contributed by atoms with Crippen molar-refractivity contribution in [2.24, 2.45) is 5.73 Å². The van der Waals surface area contributed by atoms with Gasteiger partial charge in [0.1, 0.15) is 11.6 Å². The second kappa shape index (κ2) is 6.81. The van der Waals surface area contributed by atoms with E-state index >= 15 is 0 Å². The summed E-state index contributed by atoms with van der Waals surface area (Å²) in [4.78, 5) is 8.21. The highest BCUT2D eigenvalue weighted by molar-refractivity contribution is 5.35. The van der Waals surface area contributed by atoms with E-state index in [1.165, 1.54) is 12.3 Å². The van der Waals surface area contributed by atoms with Crippen LogP contribution in [0.3, 0.4) is 0 Å². The molecule has 6 heteroatoms. The van der Waals surface area contributed by atoms with E-state index in [2.05, 4.69) is 15.3 Å². The molecule has 0 spiro atoms. The Morgan fingerprint density at radius 2 is 2.20 bits per heavy atom. The number of nitrogens with one attached hydrogen (secondary N) is 1. The zero-order chi connectivity index (χ0) is 14.4. The minimum Gasteiger partial charge on any atom is -0.477 e. The first-order valence-electron chi connectivity index (χ1n) is 6.39. The summed E-state index contributed by atoms with van der Waals surface area (Å²) < 4.78 is 19.0. The van der Waals surface area contributed by atoms with Crippen LogP contribution in [0.2, 0.25) is 0 Å². The smallest absolute Gasteiger partial charge is 0.234 e. The van der Waals surface area contributed by atoms with Crippen LogP contribution in [-0.4, -0.2) is 16.6 Å². The average Bonchev–Trinajstić information content (AvgIpc) is 2.46. The van der Waals surface area contributed by atoms with Crippen molar-refractivity contribution >= 4 is 5.82 Å². The number of nitrogens with zero attached hydrogens (tertiary/aromatic N) is 2. The summed E-state index contributed by atoms with van der Waals surface area (Å²) in [5.41, 5.74) is 6.78. The van der Waals surface area contributed by atoms with E-state index in [-0.39, 0.29) is 5.82 Å². The number of hydrogen-bond donors (Lipinski definition) is 2. The summed E-state index contributed by atoms with van der Waals surface area (Å²) in [6.45, 7) is 3.04. The van der Waals surface area contributed by atoms with Crippen molar-refractivity contribution in [2.75, 3.05) is 11.9 Å². The SMILES string of the molecule is CCOc1cncc(NCc2ccc(CN)cc2F)n1. The van der Waals surface area contributed by atoms with E-state index in [0.717, 1.165) is 5.56 Å². The van der Waals surface area contributed by atoms with Gasteiger partial charge in [-0.3, -0.25) is 4.98 Å². The third-order valence-corrected chi connectivity index (χ3v) is 2.72. The Labute approximate surface area is 117 Å². The van der Waals surface area contributed by atoms with Gasteiger partial charge < -0.3 is 15.8 Å². The molecule has 106 valence electrons. The van der Waals surface area contributed by atoms with Gasteiger partial charge in [0.25, 0.3) is 0 Å². The van der Waals surface area contributed by atoms with E-state index in [4.69, 9.17) is 10.5 Å². The molecular weight excluding hydrogens is 259 g/mol. The Morgan fingerprint density at radius 1 is 1.35 bits per heavy atom. The summed E-state index contributed by atoms with van der Waals surface area (Å²) >= 11 is 0. The lowest BCUT2D eigenvalue weighted by Gasteiger charge is -2.08. The highest BCUT2D eigenvalue weighted by Gasteiger charge is 2.04. The van der Waals surface area contributed by atoms with Gasteiger partial charge in [-0.15, -0.1) is 0 Å². The third-order valence-electron chi connectivity index (χ3n) is 2.72. The van der Waals surface area contributed by atoms with Gasteiger partial charge in [0.2, 0.25) is 5.88 Å². The number of benzene rings is 1. The first-order valence-corrected chi connectivity index (χ1v) is 6.39. The Kier molecular flexibility index (Phi) is 4.84. The molecule has 0 aliphatic heterocycles. The number of halogens is 1. The first kappa shape index (κ1) is 14.2. The molecule has 0 aliphatic rings. The predicted molar refractivity (Wildman–Crippen MR) is 74.8 cm³/mol. The second-order valence-corrected chi connectivity index (χ2v) is 4.16. The van der Waals surface area contributed by atoms with Crippen LogP contribution in [-0.2, 0) is 13.1 Å². The Balaban J connectivity index is 2.03. The molecule has 0 saturated carbocycles. The van der Waals surface area contributed by atoms with Crippen LogP contribution in [0.4, 0.5) is 10.2 Å². The van der Waals surface area contributed by atoms with Gasteiger partial charge in [-0.2, -0.15) is 4.98 Å². The third kappa shape index (κ3) is 3.64. The summed E-state index contributed by atoms with van der Waals surface area (Å²) in [6.07, 6.45) is 3.10. The van der Waals surface area contributed by atoms with Gasteiger partial charge in [-0.05, 0) is 18.6 Å². The van der Waals surface area contributed by atoms with Crippen molar-refractivity contribution in [2.45, 2.75) is 20.0 Å². The maximum atomic E-state index is 13.8. The first-order chi connectivity index (χ1) is 9.72. The molecule has 20 heavy (non-hydrogen) atoms. The summed E-state index contributed by atoms with van der Waals surface area (Å²) in [7, 11) is 0. The quantitative estimate of drug-likeness (QED) is 0.845. The highest BCUT2D eigenvalue weighted by atomic mass is 19.1. The van der Waals surface area contributed by atoms with E-state index in [1.54, 1.807) is 12.3 Å². The van der Waals surface area contributed by atoms with Crippen molar-refractivity contribution in [3.05, 3.63) is 47.5 Å². The molecule has 2 rings (SSSR count). The normalized spacial score (nSPS) is 10.3. The van der Waals surface area contributed by atoms with Crippen molar-refractivity contribution in [1.82, 2.24) is 9.97 Å². The summed E-state index contributed by atoms with van der Waals surface area (Å²) in [6, 6.07) is 4.96. The number of anilines is 1. The monoisotopic (exact) mass is 276 g/mol. The van der Waals surface area contributed by atoms with Crippen LogP contribution < -0.4 is 15.8 Å². The van der Waals surface area contributed by atoms with Crippen LogP contribution in [0, 0.1) is 5.82 Å². The number of aromatic nitrogens is 2. The summed E-state index contributed by atoms with van der Waals surface area (Å²) in [5.74, 6) is 0.698. The Bertz CT molecular complexity index is 577. The minimum absolute atomic E-state index is 0.283. The van der Waals surface area contributed by atoms with Gasteiger partial charge in [0.05, 0.1) is 19.0 Å². The molecule has 1 aromatic carbocycles. The fraction of sp³-hybridized carbons (Fsp3) is 0.286. The number of ether oxygens (including phenoxy) is 1. The van der Waals surface area contributed by atoms with Crippen LogP contribution in [0.1, 0.15) is 18.1 Å². The topological polar surface area (TPSA) is 73.1 Å². The lowest BCUT2D eigenvalue weighted by molar-refractivity contribution is 0.325. The zero-order valence-electron chi connectivity index (χ0n) is 11.3. The molecular formula is C14H17FN4O. The zero-order valence-corrected chi connectivity index (χ0v) is 11.3. The molecule has 0 atom stereocenters. The molecule has 0 unspecified atom stereocenters. The van der Waals surface area contributed by atoms with Crippen molar-refractivity contribution in [1.29, 1.82) is 0 Å². The van der Waals surface area contributed by atoms with E-state index < -0.39 is 0 Å². The fourth-order valence-corrected chi connectivity index (χ4v) is 1.70. The van der Waals surface area contributed by atoms with E-state index in [1.807, 2.05) is 13.0 Å². The van der Waals surface area contributed by atoms with Crippen LogP contribution >= 0.6 is 0 Å². The number of nitrogens with two attached hydrogens (primary N) is 1. The number of rotatable bonds is 6. The van der Waals surface area contributed by atoms with Gasteiger partial charge >= 0.3 is 0 Å². The fourth-order valence-electron chi connectivity index (χ4n) is 1.70. The molecule has 3 N–H and O–H groups in total. The number of hydrogen-bond acceptors (Lipinski definition) is 5. The maximum absolute atomic E-state index is 13.8. The largest absolute Gasteiger partial charge is 0.477 e. The predicted octanol–water partition coefficient (Wildman–Crippen LogP) is 2.09. The average molecular weight is 276 g/mol. The highest BCUT2D eigenvalue weighted by Crippen LogP contribution is 2.13. The second-order valence-electron chi connectivity index (χ2n) is 4.16. The Hall–Kier alpha value is -2.21. The molecule has 2 aromatic rings. The molecule has 0 amide bonds. The standard InChI is InChI=1S/C14H17FN4O/c1-2-20-14-9-17-8-13(19-14)18-7-11-4-3-10(6-16)5-12(11)15/h3-5,8-9H,2,6-7,16H2,1H3,(H,18,19). The van der Waals surface area contributed by atoms with Crippen LogP contribution in [0.15, 0.2) is 30.6 Å². The van der Waals surface area contributed by atoms with Crippen molar-refractivity contribution < 1.29 is 9.13 Å². The summed E-state index contributed by atoms with van der Waals surface area (Å²) in [5, 5.41) is 3.01. The van der Waals surface area contributed by atoms with Crippen LogP contribution in [0.5, 0.6) is 5.88 Å². The van der Waals surface area contributed by atoms with Crippen molar-refractivity contribution in [3.63, 3.8) is 0 Å². The molecule has 0 aliphatic carbocycles. The van der Waals surface area contributed by atoms with Crippen molar-refractivity contribution in [3.8, 4) is 5.88 Å². The lowest BCUT2D eigenvalue weighted by atomic mass is 10.1. The maximum Gasteiger partial charge on any atom is 0.234 e. The van der Waals surface area contributed by atoms with Crippen LogP contribution in [0.25, 0.3) is 0 Å². The molecule has 0 radical (unpaired) electrons.